The van der Waals surface area contributed by atoms with Gasteiger partial charge in [-0.25, -0.2) is 23.3 Å². The smallest absolute Gasteiger partial charge is 0.109 e. The van der Waals surface area contributed by atoms with Crippen LogP contribution in [0.1, 0.15) is 41.0 Å². The van der Waals surface area contributed by atoms with Crippen molar-refractivity contribution in [3.63, 3.8) is 0 Å². The molecule has 1 unspecified atom stereocenters. The van der Waals surface area contributed by atoms with Crippen molar-refractivity contribution < 1.29 is 24.2 Å². The standard InChI is InChI=1S/C8H11.C5H5.C3H6.Zr/c1-6-4-7(2)8(3)5-6;1-2-4-5-3-1;1-3-2;/h4,6H,1-3H3;1-3H,4H2;1-2H3;/q2*-1;;+2. The predicted octanol–water partition coefficient (Wildman–Crippen LogP) is 4.38. The molecular formula is C16H22Zr. The van der Waals surface area contributed by atoms with Crippen molar-refractivity contribution >= 4 is 3.21 Å². The van der Waals surface area contributed by atoms with Gasteiger partial charge in [0.25, 0.3) is 0 Å². The molecule has 0 aliphatic heterocycles. The Balaban J connectivity index is 0.000000246. The fourth-order valence-electron chi connectivity index (χ4n) is 1.34. The average molecular weight is 306 g/mol. The number of rotatable bonds is 0. The van der Waals surface area contributed by atoms with Crippen LogP contribution in [0.2, 0.25) is 0 Å². The molecule has 0 saturated heterocycles. The van der Waals surface area contributed by atoms with Crippen molar-refractivity contribution in [1.82, 2.24) is 0 Å². The van der Waals surface area contributed by atoms with Gasteiger partial charge < -0.3 is 0 Å². The molecule has 0 aromatic carbocycles. The van der Waals surface area contributed by atoms with Crippen LogP contribution >= 0.6 is 0 Å². The fourth-order valence-corrected chi connectivity index (χ4v) is 1.34. The summed E-state index contributed by atoms with van der Waals surface area (Å²) in [7, 11) is 0. The maximum absolute atomic E-state index is 3.29. The SMILES string of the molecule is CC1=[C-]C(C)C=C1C.C[C](C)=[Zr+2].[C-]1=CC=CC1. The van der Waals surface area contributed by atoms with E-state index >= 15 is 0 Å². The molecule has 0 aromatic rings. The minimum absolute atomic E-state index is 0.551. The molecule has 1 heteroatoms. The summed E-state index contributed by atoms with van der Waals surface area (Å²) in [5, 5.41) is 0. The summed E-state index contributed by atoms with van der Waals surface area (Å²) in [5.41, 5.74) is 2.70. The van der Waals surface area contributed by atoms with Gasteiger partial charge in [0.2, 0.25) is 0 Å². The zero-order valence-corrected chi connectivity index (χ0v) is 14.1. The monoisotopic (exact) mass is 304 g/mol. The van der Waals surface area contributed by atoms with E-state index in [2.05, 4.69) is 58.9 Å². The summed E-state index contributed by atoms with van der Waals surface area (Å²) < 4.78 is 1.51. The van der Waals surface area contributed by atoms with Gasteiger partial charge in [-0.2, -0.15) is 12.2 Å². The maximum Gasteiger partial charge on any atom is -0.109 e. The van der Waals surface area contributed by atoms with E-state index < -0.39 is 0 Å². The summed E-state index contributed by atoms with van der Waals surface area (Å²) in [6.45, 7) is 10.6. The van der Waals surface area contributed by atoms with Gasteiger partial charge in [0.1, 0.15) is 0 Å². The number of allylic oxidation sites excluding steroid dienone is 8. The third-order valence-electron chi connectivity index (χ3n) is 2.12. The van der Waals surface area contributed by atoms with Crippen LogP contribution in [0.15, 0.2) is 35.5 Å². The summed E-state index contributed by atoms with van der Waals surface area (Å²) in [6.07, 6.45) is 15.5. The molecule has 0 bridgehead atoms. The average Bonchev–Trinajstić information content (AvgIpc) is 2.80. The molecule has 17 heavy (non-hydrogen) atoms. The first-order chi connectivity index (χ1) is 7.93. The molecule has 1 atom stereocenters. The van der Waals surface area contributed by atoms with Gasteiger partial charge in [0.05, 0.1) is 0 Å². The Kier molecular flexibility index (Phi) is 9.55. The molecule has 0 saturated carbocycles. The van der Waals surface area contributed by atoms with E-state index in [1.54, 1.807) is 24.2 Å². The molecule has 0 nitrogen and oxygen atoms in total. The van der Waals surface area contributed by atoms with Crippen molar-refractivity contribution in [2.75, 3.05) is 0 Å². The Bertz CT molecular complexity index is 322. The van der Waals surface area contributed by atoms with E-state index in [4.69, 9.17) is 0 Å². The molecule has 0 radical (unpaired) electrons. The minimum atomic E-state index is 0.551. The Labute approximate surface area is 122 Å². The molecule has 0 N–H and O–H groups in total. The van der Waals surface area contributed by atoms with Gasteiger partial charge in [-0.05, 0) is 0 Å². The second-order valence-corrected chi connectivity index (χ2v) is 6.87. The molecular weight excluding hydrogens is 283 g/mol. The molecule has 0 amide bonds. The van der Waals surface area contributed by atoms with Gasteiger partial charge in [0, 0.05) is 0 Å². The van der Waals surface area contributed by atoms with E-state index in [-0.39, 0.29) is 0 Å². The fraction of sp³-hybridized carbons (Fsp3) is 0.438. The third-order valence-corrected chi connectivity index (χ3v) is 2.12. The molecule has 0 heterocycles. The van der Waals surface area contributed by atoms with Crippen LogP contribution in [0.3, 0.4) is 0 Å². The van der Waals surface area contributed by atoms with E-state index in [0.717, 1.165) is 6.42 Å². The Morgan fingerprint density at radius 2 is 1.94 bits per heavy atom. The molecule has 0 fully saturated rings. The quantitative estimate of drug-likeness (QED) is 0.583. The van der Waals surface area contributed by atoms with Gasteiger partial charge in [-0.1, -0.05) is 19.8 Å². The van der Waals surface area contributed by atoms with Crippen LogP contribution in [0.4, 0.5) is 0 Å². The first-order valence-corrected chi connectivity index (χ1v) is 7.18. The van der Waals surface area contributed by atoms with E-state index in [9.17, 15) is 0 Å². The van der Waals surface area contributed by atoms with Gasteiger partial charge in [-0.3, -0.25) is 12.2 Å². The van der Waals surface area contributed by atoms with Crippen LogP contribution in [-0.4, -0.2) is 3.21 Å². The first-order valence-electron chi connectivity index (χ1n) is 5.96. The normalized spacial score (nSPS) is 19.8. The van der Waals surface area contributed by atoms with Gasteiger partial charge >= 0.3 is 41.3 Å². The second-order valence-electron chi connectivity index (χ2n) is 4.41. The largest absolute Gasteiger partial charge is 0.273 e. The van der Waals surface area contributed by atoms with Crippen molar-refractivity contribution in [1.29, 1.82) is 0 Å². The summed E-state index contributed by atoms with van der Waals surface area (Å²) in [5.74, 6) is 0.551. The van der Waals surface area contributed by atoms with Crippen molar-refractivity contribution in [2.45, 2.75) is 41.0 Å². The van der Waals surface area contributed by atoms with E-state index in [1.807, 2.05) is 12.2 Å². The molecule has 2 aliphatic rings. The second kappa shape index (κ2) is 9.71. The van der Waals surface area contributed by atoms with E-state index in [0.29, 0.717) is 5.92 Å². The maximum atomic E-state index is 3.29. The zero-order valence-electron chi connectivity index (χ0n) is 11.6. The molecule has 0 aromatic heterocycles. The minimum Gasteiger partial charge on any atom is -0.273 e. The van der Waals surface area contributed by atoms with Crippen molar-refractivity contribution in [3.05, 3.63) is 47.6 Å². The molecule has 0 spiro atoms. The summed E-state index contributed by atoms with van der Waals surface area (Å²) >= 11 is 1.55. The van der Waals surface area contributed by atoms with Gasteiger partial charge in [0.15, 0.2) is 0 Å². The topological polar surface area (TPSA) is 0 Å². The van der Waals surface area contributed by atoms with Crippen molar-refractivity contribution in [3.8, 4) is 0 Å². The third kappa shape index (κ3) is 10.6. The summed E-state index contributed by atoms with van der Waals surface area (Å²) in [6, 6.07) is 0. The number of hydrogen-bond acceptors (Lipinski definition) is 0. The Hall–Kier alpha value is -0.287. The van der Waals surface area contributed by atoms with Crippen LogP contribution in [0.25, 0.3) is 0 Å². The zero-order chi connectivity index (χ0) is 13.3. The predicted molar refractivity (Wildman–Crippen MR) is 73.3 cm³/mol. The molecule has 2 aliphatic carbocycles. The first kappa shape index (κ1) is 16.7. The van der Waals surface area contributed by atoms with Gasteiger partial charge in [-0.15, -0.1) is 13.3 Å². The van der Waals surface area contributed by atoms with Crippen LogP contribution in [0.5, 0.6) is 0 Å². The van der Waals surface area contributed by atoms with Crippen LogP contribution in [0, 0.1) is 18.1 Å². The Morgan fingerprint density at radius 3 is 2.06 bits per heavy atom. The van der Waals surface area contributed by atoms with E-state index in [1.165, 1.54) is 14.4 Å². The van der Waals surface area contributed by atoms with Crippen LogP contribution in [-0.2, 0) is 24.2 Å². The molecule has 2 rings (SSSR count). The van der Waals surface area contributed by atoms with Crippen LogP contribution < -0.4 is 0 Å². The Morgan fingerprint density at radius 1 is 1.35 bits per heavy atom. The number of hydrogen-bond donors (Lipinski definition) is 0. The molecule has 90 valence electrons. The van der Waals surface area contributed by atoms with Crippen molar-refractivity contribution in [2.24, 2.45) is 5.92 Å². The summed E-state index contributed by atoms with van der Waals surface area (Å²) in [4.78, 5) is 0.